The number of nitrogens with one attached hydrogen (secondary N) is 1. The van der Waals surface area contributed by atoms with Gasteiger partial charge in [0.2, 0.25) is 0 Å². The number of methoxy groups -OCH3 is 1. The summed E-state index contributed by atoms with van der Waals surface area (Å²) in [7, 11) is 1.47. The summed E-state index contributed by atoms with van der Waals surface area (Å²) in [5, 5.41) is 3.50. The SMILES string of the molecule is COC(=O)C(CCc1ccccc1)NC1CCCCC1. The van der Waals surface area contributed by atoms with Crippen molar-refractivity contribution in [2.45, 2.75) is 57.0 Å². The topological polar surface area (TPSA) is 38.3 Å². The molecule has 1 aliphatic rings. The van der Waals surface area contributed by atoms with Gasteiger partial charge in [-0.25, -0.2) is 0 Å². The fourth-order valence-electron chi connectivity index (χ4n) is 2.92. The molecule has 0 spiro atoms. The van der Waals surface area contributed by atoms with Crippen molar-refractivity contribution in [3.63, 3.8) is 0 Å². The molecule has 0 aliphatic heterocycles. The van der Waals surface area contributed by atoms with Crippen LogP contribution in [0.15, 0.2) is 30.3 Å². The molecule has 1 aliphatic carbocycles. The Morgan fingerprint density at radius 3 is 2.60 bits per heavy atom. The van der Waals surface area contributed by atoms with Crippen molar-refractivity contribution < 1.29 is 9.53 Å². The summed E-state index contributed by atoms with van der Waals surface area (Å²) in [6.45, 7) is 0. The maximum absolute atomic E-state index is 11.9. The van der Waals surface area contributed by atoms with Crippen LogP contribution in [0, 0.1) is 0 Å². The molecule has 3 nitrogen and oxygen atoms in total. The normalized spacial score (nSPS) is 17.6. The Hall–Kier alpha value is -1.35. The molecule has 0 aromatic heterocycles. The third-order valence-corrected chi connectivity index (χ3v) is 4.09. The molecule has 1 N–H and O–H groups in total. The van der Waals surface area contributed by atoms with Crippen molar-refractivity contribution in [2.24, 2.45) is 0 Å². The monoisotopic (exact) mass is 275 g/mol. The summed E-state index contributed by atoms with van der Waals surface area (Å²) in [5.74, 6) is -0.133. The number of esters is 1. The van der Waals surface area contributed by atoms with Gasteiger partial charge in [0.05, 0.1) is 7.11 Å². The Bertz CT molecular complexity index is 399. The lowest BCUT2D eigenvalue weighted by Crippen LogP contribution is -2.45. The maximum Gasteiger partial charge on any atom is 0.322 e. The first-order valence-corrected chi connectivity index (χ1v) is 7.67. The largest absolute Gasteiger partial charge is 0.468 e. The van der Waals surface area contributed by atoms with Gasteiger partial charge in [0, 0.05) is 6.04 Å². The highest BCUT2D eigenvalue weighted by Crippen LogP contribution is 2.19. The lowest BCUT2D eigenvalue weighted by Gasteiger charge is -2.27. The fourth-order valence-corrected chi connectivity index (χ4v) is 2.92. The molecule has 1 unspecified atom stereocenters. The fraction of sp³-hybridized carbons (Fsp3) is 0.588. The minimum absolute atomic E-state index is 0.133. The van der Waals surface area contributed by atoms with Crippen molar-refractivity contribution in [1.29, 1.82) is 0 Å². The molecule has 1 aromatic carbocycles. The quantitative estimate of drug-likeness (QED) is 0.811. The molecule has 1 saturated carbocycles. The Morgan fingerprint density at radius 2 is 1.95 bits per heavy atom. The van der Waals surface area contributed by atoms with Gasteiger partial charge in [0.1, 0.15) is 6.04 Å². The summed E-state index contributed by atoms with van der Waals surface area (Å²) >= 11 is 0. The van der Waals surface area contributed by atoms with Crippen LogP contribution in [-0.2, 0) is 16.0 Å². The predicted molar refractivity (Wildman–Crippen MR) is 80.6 cm³/mol. The van der Waals surface area contributed by atoms with Crippen LogP contribution < -0.4 is 5.32 Å². The molecule has 1 fully saturated rings. The van der Waals surface area contributed by atoms with Crippen LogP contribution in [0.5, 0.6) is 0 Å². The van der Waals surface area contributed by atoms with Crippen molar-refractivity contribution >= 4 is 5.97 Å². The van der Waals surface area contributed by atoms with E-state index in [1.807, 2.05) is 18.2 Å². The van der Waals surface area contributed by atoms with Crippen molar-refractivity contribution in [3.05, 3.63) is 35.9 Å². The maximum atomic E-state index is 11.9. The number of carbonyl (C=O) groups excluding carboxylic acids is 1. The Kier molecular flexibility index (Phi) is 6.06. The van der Waals surface area contributed by atoms with Gasteiger partial charge in [-0.2, -0.15) is 0 Å². The van der Waals surface area contributed by atoms with Crippen molar-refractivity contribution in [2.75, 3.05) is 7.11 Å². The van der Waals surface area contributed by atoms with Crippen LogP contribution in [-0.4, -0.2) is 25.2 Å². The van der Waals surface area contributed by atoms with E-state index >= 15 is 0 Å². The van der Waals surface area contributed by atoms with E-state index in [0.717, 1.165) is 12.8 Å². The number of benzene rings is 1. The minimum atomic E-state index is -0.177. The van der Waals surface area contributed by atoms with Crippen molar-refractivity contribution in [3.8, 4) is 0 Å². The molecule has 3 heteroatoms. The van der Waals surface area contributed by atoms with Crippen LogP contribution in [0.4, 0.5) is 0 Å². The van der Waals surface area contributed by atoms with E-state index in [1.165, 1.54) is 44.8 Å². The number of rotatable bonds is 6. The highest BCUT2D eigenvalue weighted by molar-refractivity contribution is 5.75. The molecular formula is C17H25NO2. The molecule has 0 amide bonds. The number of hydrogen-bond acceptors (Lipinski definition) is 3. The third kappa shape index (κ3) is 4.64. The van der Waals surface area contributed by atoms with Gasteiger partial charge in [0.15, 0.2) is 0 Å². The summed E-state index contributed by atoms with van der Waals surface area (Å²) in [4.78, 5) is 11.9. The summed E-state index contributed by atoms with van der Waals surface area (Å²) < 4.78 is 4.94. The minimum Gasteiger partial charge on any atom is -0.468 e. The number of ether oxygens (including phenoxy) is 1. The number of aryl methyl sites for hydroxylation is 1. The Labute approximate surface area is 121 Å². The Balaban J connectivity index is 1.88. The molecular weight excluding hydrogens is 250 g/mol. The van der Waals surface area contributed by atoms with E-state index in [0.29, 0.717) is 6.04 Å². The average molecular weight is 275 g/mol. The van der Waals surface area contributed by atoms with Crippen LogP contribution in [0.2, 0.25) is 0 Å². The lowest BCUT2D eigenvalue weighted by molar-refractivity contribution is -0.143. The van der Waals surface area contributed by atoms with Crippen LogP contribution in [0.3, 0.4) is 0 Å². The lowest BCUT2D eigenvalue weighted by atomic mass is 9.94. The van der Waals surface area contributed by atoms with Gasteiger partial charge in [-0.05, 0) is 31.2 Å². The molecule has 0 radical (unpaired) electrons. The zero-order chi connectivity index (χ0) is 14.2. The van der Waals surface area contributed by atoms with Gasteiger partial charge in [0.25, 0.3) is 0 Å². The van der Waals surface area contributed by atoms with Gasteiger partial charge in [-0.15, -0.1) is 0 Å². The van der Waals surface area contributed by atoms with E-state index in [1.54, 1.807) is 0 Å². The average Bonchev–Trinajstić information content (AvgIpc) is 2.52. The molecule has 0 heterocycles. The number of carbonyl (C=O) groups is 1. The van der Waals surface area contributed by atoms with E-state index in [4.69, 9.17) is 4.74 Å². The van der Waals surface area contributed by atoms with Gasteiger partial charge >= 0.3 is 5.97 Å². The molecule has 1 atom stereocenters. The molecule has 2 rings (SSSR count). The second-order valence-corrected chi connectivity index (χ2v) is 5.60. The predicted octanol–water partition coefficient (Wildman–Crippen LogP) is 3.08. The zero-order valence-corrected chi connectivity index (χ0v) is 12.3. The highest BCUT2D eigenvalue weighted by atomic mass is 16.5. The summed E-state index contributed by atoms with van der Waals surface area (Å²) in [6.07, 6.45) is 7.92. The first-order chi connectivity index (χ1) is 9.79. The first-order valence-electron chi connectivity index (χ1n) is 7.67. The number of hydrogen-bond donors (Lipinski definition) is 1. The standard InChI is InChI=1S/C17H25NO2/c1-20-17(19)16(18-15-10-6-3-7-11-15)13-12-14-8-4-2-5-9-14/h2,4-5,8-9,15-16,18H,3,6-7,10-13H2,1H3. The molecule has 20 heavy (non-hydrogen) atoms. The van der Waals surface area contributed by atoms with E-state index in [2.05, 4.69) is 17.4 Å². The van der Waals surface area contributed by atoms with Gasteiger partial charge in [-0.1, -0.05) is 49.6 Å². The molecule has 1 aromatic rings. The third-order valence-electron chi connectivity index (χ3n) is 4.09. The van der Waals surface area contributed by atoms with Crippen molar-refractivity contribution in [1.82, 2.24) is 5.32 Å². The van der Waals surface area contributed by atoms with Crippen LogP contribution >= 0.6 is 0 Å². The second-order valence-electron chi connectivity index (χ2n) is 5.60. The molecule has 110 valence electrons. The smallest absolute Gasteiger partial charge is 0.322 e. The van der Waals surface area contributed by atoms with Crippen LogP contribution in [0.1, 0.15) is 44.1 Å². The summed E-state index contributed by atoms with van der Waals surface area (Å²) in [5.41, 5.74) is 1.27. The molecule has 0 saturated heterocycles. The second kappa shape index (κ2) is 8.05. The van der Waals surface area contributed by atoms with E-state index in [9.17, 15) is 4.79 Å². The van der Waals surface area contributed by atoms with Crippen LogP contribution in [0.25, 0.3) is 0 Å². The van der Waals surface area contributed by atoms with E-state index in [-0.39, 0.29) is 12.0 Å². The highest BCUT2D eigenvalue weighted by Gasteiger charge is 2.23. The first kappa shape index (κ1) is 15.0. The van der Waals surface area contributed by atoms with Gasteiger partial charge in [-0.3, -0.25) is 4.79 Å². The van der Waals surface area contributed by atoms with E-state index < -0.39 is 0 Å². The summed E-state index contributed by atoms with van der Waals surface area (Å²) in [6, 6.07) is 10.6. The zero-order valence-electron chi connectivity index (χ0n) is 12.3. The molecule has 0 bridgehead atoms. The Morgan fingerprint density at radius 1 is 1.25 bits per heavy atom. The van der Waals surface area contributed by atoms with Gasteiger partial charge < -0.3 is 10.1 Å².